The first-order chi connectivity index (χ1) is 10.1. The van der Waals surface area contributed by atoms with Gasteiger partial charge in [-0.15, -0.1) is 0 Å². The van der Waals surface area contributed by atoms with Gasteiger partial charge in [-0.1, -0.05) is 6.07 Å². The minimum absolute atomic E-state index is 0.541. The lowest BCUT2D eigenvalue weighted by Crippen LogP contribution is -2.42. The molecular formula is C16H17N3O2. The molecule has 0 radical (unpaired) electrons. The largest absolute Gasteiger partial charge is 0.480 e. The summed E-state index contributed by atoms with van der Waals surface area (Å²) in [6, 6.07) is 7.39. The first-order valence-electron chi connectivity index (χ1n) is 7.09. The van der Waals surface area contributed by atoms with Crippen LogP contribution in [0, 0.1) is 11.3 Å². The average molecular weight is 283 g/mol. The van der Waals surface area contributed by atoms with Crippen LogP contribution in [0.15, 0.2) is 29.6 Å². The number of nitriles is 1. The molecule has 0 aromatic heterocycles. The molecule has 0 saturated heterocycles. The molecule has 21 heavy (non-hydrogen) atoms. The monoisotopic (exact) mass is 283 g/mol. The van der Waals surface area contributed by atoms with Crippen molar-refractivity contribution < 1.29 is 9.90 Å². The molecular weight excluding hydrogens is 266 g/mol. The number of hydrogen-bond acceptors (Lipinski definition) is 4. The number of carboxylic acid groups (broad SMARTS) is 1. The Hall–Kier alpha value is -2.48. The molecule has 0 aliphatic carbocycles. The summed E-state index contributed by atoms with van der Waals surface area (Å²) in [7, 11) is 1.92. The molecule has 0 saturated carbocycles. The molecule has 1 aromatic carbocycles. The van der Waals surface area contributed by atoms with Gasteiger partial charge in [0.1, 0.15) is 11.9 Å². The summed E-state index contributed by atoms with van der Waals surface area (Å²) in [4.78, 5) is 13.3. The highest BCUT2D eigenvalue weighted by atomic mass is 16.4. The highest BCUT2D eigenvalue weighted by Gasteiger charge is 2.30. The van der Waals surface area contributed by atoms with Crippen molar-refractivity contribution in [1.29, 1.82) is 5.26 Å². The smallest absolute Gasteiger partial charge is 0.326 e. The van der Waals surface area contributed by atoms with Crippen LogP contribution in [-0.2, 0) is 11.2 Å². The molecule has 5 heteroatoms. The number of allylic oxidation sites excluding steroid dienone is 1. The summed E-state index contributed by atoms with van der Waals surface area (Å²) in [5.41, 5.74) is 3.91. The van der Waals surface area contributed by atoms with Crippen LogP contribution in [0.5, 0.6) is 0 Å². The van der Waals surface area contributed by atoms with E-state index in [0.29, 0.717) is 12.0 Å². The van der Waals surface area contributed by atoms with E-state index in [0.717, 1.165) is 36.3 Å². The normalized spacial score (nSPS) is 20.8. The van der Waals surface area contributed by atoms with Crippen molar-refractivity contribution in [3.63, 3.8) is 0 Å². The van der Waals surface area contributed by atoms with Gasteiger partial charge >= 0.3 is 5.97 Å². The van der Waals surface area contributed by atoms with Crippen molar-refractivity contribution in [2.75, 3.05) is 11.9 Å². The summed E-state index contributed by atoms with van der Waals surface area (Å²) < 4.78 is 0. The average Bonchev–Trinajstić information content (AvgIpc) is 2.70. The van der Waals surface area contributed by atoms with Crippen LogP contribution in [0.2, 0.25) is 0 Å². The van der Waals surface area contributed by atoms with E-state index in [2.05, 4.69) is 11.4 Å². The fraction of sp³-hybridized carbons (Fsp3) is 0.375. The number of nitrogens with zero attached hydrogens (tertiary/aromatic N) is 2. The SMILES string of the molecule is CN1C2=C(CCCC(C(=O)O)N2)Cc2c(C#N)cccc21. The summed E-state index contributed by atoms with van der Waals surface area (Å²) in [5, 5.41) is 21.7. The topological polar surface area (TPSA) is 76.4 Å². The first-order valence-corrected chi connectivity index (χ1v) is 7.09. The summed E-state index contributed by atoms with van der Waals surface area (Å²) in [6.45, 7) is 0. The molecule has 0 spiro atoms. The van der Waals surface area contributed by atoms with E-state index in [-0.39, 0.29) is 0 Å². The van der Waals surface area contributed by atoms with Crippen LogP contribution in [-0.4, -0.2) is 24.2 Å². The van der Waals surface area contributed by atoms with E-state index >= 15 is 0 Å². The summed E-state index contributed by atoms with van der Waals surface area (Å²) in [6.07, 6.45) is 3.06. The Kier molecular flexibility index (Phi) is 3.30. The molecule has 2 N–H and O–H groups in total. The maximum absolute atomic E-state index is 11.3. The molecule has 1 atom stereocenters. The van der Waals surface area contributed by atoms with Gasteiger partial charge in [0.2, 0.25) is 0 Å². The predicted molar refractivity (Wildman–Crippen MR) is 78.7 cm³/mol. The summed E-state index contributed by atoms with van der Waals surface area (Å²) in [5.74, 6) is 0.0798. The van der Waals surface area contributed by atoms with Gasteiger partial charge in [0.25, 0.3) is 0 Å². The Morgan fingerprint density at radius 1 is 1.52 bits per heavy atom. The zero-order chi connectivity index (χ0) is 15.0. The number of rotatable bonds is 1. The van der Waals surface area contributed by atoms with Gasteiger partial charge < -0.3 is 15.3 Å². The number of anilines is 1. The lowest BCUT2D eigenvalue weighted by Gasteiger charge is -2.33. The Bertz CT molecular complexity index is 673. The van der Waals surface area contributed by atoms with Crippen LogP contribution in [0.1, 0.15) is 30.4 Å². The maximum Gasteiger partial charge on any atom is 0.326 e. The quantitative estimate of drug-likeness (QED) is 0.824. The van der Waals surface area contributed by atoms with E-state index in [1.165, 1.54) is 5.57 Å². The van der Waals surface area contributed by atoms with E-state index < -0.39 is 12.0 Å². The fourth-order valence-electron chi connectivity index (χ4n) is 3.18. The van der Waals surface area contributed by atoms with Crippen LogP contribution in [0.25, 0.3) is 0 Å². The molecule has 0 amide bonds. The second-order valence-electron chi connectivity index (χ2n) is 5.53. The second kappa shape index (κ2) is 5.13. The first kappa shape index (κ1) is 13.5. The van der Waals surface area contributed by atoms with Crippen molar-refractivity contribution in [3.8, 4) is 6.07 Å². The van der Waals surface area contributed by atoms with Crippen molar-refractivity contribution in [2.24, 2.45) is 0 Å². The molecule has 2 aliphatic rings. The molecule has 0 fully saturated rings. The van der Waals surface area contributed by atoms with Gasteiger partial charge in [0, 0.05) is 19.2 Å². The van der Waals surface area contributed by atoms with E-state index in [1.54, 1.807) is 0 Å². The van der Waals surface area contributed by atoms with Gasteiger partial charge in [-0.05, 0) is 42.5 Å². The van der Waals surface area contributed by atoms with Gasteiger partial charge in [-0.25, -0.2) is 4.79 Å². The fourth-order valence-corrected chi connectivity index (χ4v) is 3.18. The van der Waals surface area contributed by atoms with E-state index in [4.69, 9.17) is 0 Å². The third-order valence-corrected chi connectivity index (χ3v) is 4.27. The lowest BCUT2D eigenvalue weighted by atomic mass is 9.92. The van der Waals surface area contributed by atoms with Crippen LogP contribution >= 0.6 is 0 Å². The zero-order valence-electron chi connectivity index (χ0n) is 11.9. The van der Waals surface area contributed by atoms with Gasteiger partial charge in [-0.3, -0.25) is 0 Å². The van der Waals surface area contributed by atoms with Crippen molar-refractivity contribution in [3.05, 3.63) is 40.7 Å². The molecule has 2 heterocycles. The van der Waals surface area contributed by atoms with Gasteiger partial charge in [0.05, 0.1) is 11.6 Å². The maximum atomic E-state index is 11.3. The highest BCUT2D eigenvalue weighted by molar-refractivity contribution is 5.75. The van der Waals surface area contributed by atoms with Crippen molar-refractivity contribution >= 4 is 11.7 Å². The van der Waals surface area contributed by atoms with Crippen molar-refractivity contribution in [2.45, 2.75) is 31.7 Å². The van der Waals surface area contributed by atoms with Crippen molar-refractivity contribution in [1.82, 2.24) is 5.32 Å². The molecule has 108 valence electrons. The van der Waals surface area contributed by atoms with E-state index in [1.807, 2.05) is 30.1 Å². The molecule has 2 aliphatic heterocycles. The van der Waals surface area contributed by atoms with Crippen LogP contribution < -0.4 is 10.2 Å². The standard InChI is InChI=1S/C16H17N3O2/c1-19-14-7-3-5-11(9-17)12(14)8-10-4-2-6-13(16(20)21)18-15(10)19/h3,5,7,13,18H,2,4,6,8H2,1H3,(H,20,21). The molecule has 5 nitrogen and oxygen atoms in total. The molecule has 0 bridgehead atoms. The number of aliphatic carboxylic acids is 1. The Morgan fingerprint density at radius 2 is 2.33 bits per heavy atom. The van der Waals surface area contributed by atoms with Gasteiger partial charge in [-0.2, -0.15) is 5.26 Å². The number of fused-ring (bicyclic) bond motifs is 1. The minimum Gasteiger partial charge on any atom is -0.480 e. The Balaban J connectivity index is 2.03. The highest BCUT2D eigenvalue weighted by Crippen LogP contribution is 2.36. The number of carboxylic acids is 1. The molecule has 3 rings (SSSR count). The number of benzene rings is 1. The molecule has 1 aromatic rings. The Labute approximate surface area is 123 Å². The minimum atomic E-state index is -0.811. The van der Waals surface area contributed by atoms with Crippen LogP contribution in [0.3, 0.4) is 0 Å². The second-order valence-corrected chi connectivity index (χ2v) is 5.53. The number of carbonyl (C=O) groups is 1. The third kappa shape index (κ3) is 2.23. The zero-order valence-corrected chi connectivity index (χ0v) is 11.9. The Morgan fingerprint density at radius 3 is 3.05 bits per heavy atom. The van der Waals surface area contributed by atoms with Crippen LogP contribution in [0.4, 0.5) is 5.69 Å². The third-order valence-electron chi connectivity index (χ3n) is 4.27. The predicted octanol–water partition coefficient (Wildman–Crippen LogP) is 1.99. The van der Waals surface area contributed by atoms with E-state index in [9.17, 15) is 15.2 Å². The van der Waals surface area contributed by atoms with Gasteiger partial charge in [0.15, 0.2) is 0 Å². The lowest BCUT2D eigenvalue weighted by molar-refractivity contribution is -0.139. The molecule has 1 unspecified atom stereocenters. The number of nitrogens with one attached hydrogen (secondary N) is 1. The summed E-state index contributed by atoms with van der Waals surface area (Å²) >= 11 is 0. The number of hydrogen-bond donors (Lipinski definition) is 2.